The van der Waals surface area contributed by atoms with Crippen LogP contribution in [0.1, 0.15) is 31.7 Å². The molecule has 2 N–H and O–H groups in total. The van der Waals surface area contributed by atoms with E-state index in [1.54, 1.807) is 18.5 Å². The first-order valence-corrected chi connectivity index (χ1v) is 24.4. The van der Waals surface area contributed by atoms with Crippen molar-refractivity contribution < 1.29 is 92.9 Å². The molecule has 0 fully saturated rings. The molecule has 21 nitrogen and oxygen atoms in total. The number of carbonyl (C=O) groups excluding carboxylic acids is 2. The lowest BCUT2D eigenvalue weighted by Gasteiger charge is -2.22. The van der Waals surface area contributed by atoms with Gasteiger partial charge in [0.2, 0.25) is 17.4 Å². The van der Waals surface area contributed by atoms with E-state index in [4.69, 9.17) is 57.9 Å². The highest BCUT2D eigenvalue weighted by atomic mass is 32.2. The van der Waals surface area contributed by atoms with Crippen LogP contribution in [0.5, 0.6) is 5.75 Å². The van der Waals surface area contributed by atoms with Crippen LogP contribution in [0.2, 0.25) is 0 Å². The smallest absolute Gasteiger partial charge is 0.313 e. The summed E-state index contributed by atoms with van der Waals surface area (Å²) in [5.74, 6) is -11.7. The van der Waals surface area contributed by atoms with Crippen LogP contribution in [0, 0.1) is 23.3 Å². The Morgan fingerprint density at radius 3 is 1.52 bits per heavy atom. The van der Waals surface area contributed by atoms with Gasteiger partial charge in [-0.15, -0.1) is 0 Å². The number of rotatable bonds is 40. The molecule has 0 saturated carbocycles. The average molecular weight is 1060 g/mol. The third-order valence-corrected chi connectivity index (χ3v) is 10.3. The van der Waals surface area contributed by atoms with Crippen LogP contribution in [-0.4, -0.2) is 187 Å². The van der Waals surface area contributed by atoms with E-state index in [1.165, 1.54) is 11.4 Å². The van der Waals surface area contributed by atoms with Crippen LogP contribution in [0.3, 0.4) is 0 Å². The van der Waals surface area contributed by atoms with Crippen molar-refractivity contribution in [2.24, 2.45) is 10.7 Å². The Balaban J connectivity index is 0.851. The normalized spacial score (nSPS) is 12.8. The number of amides is 1. The number of ether oxygens (including phenoxy) is 11. The van der Waals surface area contributed by atoms with Crippen molar-refractivity contribution in [2.75, 3.05) is 145 Å². The average Bonchev–Trinajstić information content (AvgIpc) is 3.55. The molecule has 1 unspecified atom stereocenters. The van der Waals surface area contributed by atoms with Gasteiger partial charge in [0, 0.05) is 42.1 Å². The number of aliphatic imine (C=N–C) groups is 1. The number of nitrogens with zero attached hydrogens (tertiary/aromatic N) is 4. The Morgan fingerprint density at radius 1 is 0.644 bits per heavy atom. The Kier molecular flexibility index (Phi) is 30.0. The topological polar surface area (TPSA) is 252 Å². The van der Waals surface area contributed by atoms with Crippen molar-refractivity contribution in [2.45, 2.75) is 31.1 Å². The zero-order chi connectivity index (χ0) is 52.5. The van der Waals surface area contributed by atoms with Crippen molar-refractivity contribution in [3.63, 3.8) is 0 Å². The highest BCUT2D eigenvalue weighted by Crippen LogP contribution is 2.33. The van der Waals surface area contributed by atoms with E-state index in [0.29, 0.717) is 123 Å². The summed E-state index contributed by atoms with van der Waals surface area (Å²) in [6.07, 6.45) is 7.06. The molecular weight excluding hydrogens is 999 g/mol. The minimum atomic E-state index is -3.61. The van der Waals surface area contributed by atoms with E-state index >= 15 is 0 Å². The van der Waals surface area contributed by atoms with Gasteiger partial charge in [0.25, 0.3) is 5.91 Å². The van der Waals surface area contributed by atoms with Crippen LogP contribution in [0.15, 0.2) is 52.4 Å². The number of hydroxylamine groups is 2. The monoisotopic (exact) mass is 1060 g/mol. The molecule has 3 aromatic rings. The Morgan fingerprint density at radius 2 is 1.08 bits per heavy atom. The van der Waals surface area contributed by atoms with Crippen molar-refractivity contribution in [3.8, 4) is 16.9 Å². The fourth-order valence-electron chi connectivity index (χ4n) is 6.18. The lowest BCUT2D eigenvalue weighted by Crippen LogP contribution is -2.35. The molecule has 0 bridgehead atoms. The number of benzene rings is 2. The molecule has 1 atom stereocenters. The molecule has 1 aliphatic rings. The molecule has 1 aliphatic heterocycles. The minimum Gasteiger partial charge on any atom is -0.768 e. The predicted molar refractivity (Wildman–Crippen MR) is 251 cm³/mol. The van der Waals surface area contributed by atoms with E-state index in [1.807, 2.05) is 25.1 Å². The Bertz CT molecular complexity index is 2170. The summed E-state index contributed by atoms with van der Waals surface area (Å²) in [5.41, 5.74) is 9.86. The standard InChI is InChI=1S/C47H63F4N5O16S/c1-2-6-56(47(58)36-28-35-4-3-34(37-31-53-33-54-32-37)29-38(35)55-39(52)30-36)71-27-26-70-25-24-69-23-22-68-21-20-67-19-18-66-17-16-65-15-14-64-13-12-63-11-10-62-9-8-61-7-5-40(57)72-45-41(48)43(50)46(73(59)60)44(51)42(45)49/h3-4,28-29,31-33H,2,5-27,30H2,1H3,(H2,52,55)(H,59,60)/p-1. The van der Waals surface area contributed by atoms with E-state index in [0.717, 1.165) is 16.7 Å². The molecular formula is C47H62F4N5O16S-. The van der Waals surface area contributed by atoms with Crippen molar-refractivity contribution >= 4 is 40.6 Å². The number of halogens is 4. The van der Waals surface area contributed by atoms with Crippen molar-refractivity contribution in [1.82, 2.24) is 15.0 Å². The molecule has 2 aromatic carbocycles. The van der Waals surface area contributed by atoms with Crippen LogP contribution in [0.4, 0.5) is 23.2 Å². The molecule has 0 spiro atoms. The second kappa shape index (κ2) is 36.1. The molecule has 2 heterocycles. The highest BCUT2D eigenvalue weighted by molar-refractivity contribution is 7.79. The predicted octanol–water partition coefficient (Wildman–Crippen LogP) is 4.05. The summed E-state index contributed by atoms with van der Waals surface area (Å²) >= 11 is -3.61. The zero-order valence-electron chi connectivity index (χ0n) is 40.5. The van der Waals surface area contributed by atoms with Gasteiger partial charge < -0.3 is 62.4 Å². The largest absolute Gasteiger partial charge is 0.768 e. The number of hydrogen-bond donors (Lipinski definition) is 1. The maximum Gasteiger partial charge on any atom is 0.313 e. The Hall–Kier alpha value is -4.94. The molecule has 73 heavy (non-hydrogen) atoms. The summed E-state index contributed by atoms with van der Waals surface area (Å²) in [6, 6.07) is 5.72. The van der Waals surface area contributed by atoms with E-state index in [2.05, 4.69) is 19.7 Å². The maximum absolute atomic E-state index is 13.9. The van der Waals surface area contributed by atoms with Crippen molar-refractivity contribution in [3.05, 3.63) is 71.3 Å². The number of hydrogen-bond acceptors (Lipinski definition) is 20. The fraction of sp³-hybridized carbons (Fsp3) is 0.553. The molecule has 1 amide bonds. The molecule has 0 radical (unpaired) electrons. The number of amidine groups is 1. The van der Waals surface area contributed by atoms with Gasteiger partial charge in [-0.2, -0.15) is 8.78 Å². The number of fused-ring (bicyclic) bond motifs is 1. The van der Waals surface area contributed by atoms with Gasteiger partial charge in [-0.3, -0.25) is 18.6 Å². The number of esters is 1. The summed E-state index contributed by atoms with van der Waals surface area (Å²) < 4.78 is 136. The number of aromatic nitrogens is 2. The molecule has 0 aliphatic carbocycles. The quantitative estimate of drug-likeness (QED) is 0.0160. The van der Waals surface area contributed by atoms with E-state index in [-0.39, 0.29) is 58.6 Å². The first kappa shape index (κ1) is 60.6. The number of carbonyl (C=O) groups is 2. The minimum absolute atomic E-state index is 0.0474. The SMILES string of the molecule is CCCN(OCCOCCOCCOCCOCCOCCOCCOCCOCCOCCOCCC(=O)Oc1c(F)c(F)c(S(=O)[O-])c(F)c1F)C(=O)C1=Cc2ccc(-c3cncnc3)cc2N=C(N)C1. The van der Waals surface area contributed by atoms with Crippen LogP contribution < -0.4 is 10.5 Å². The first-order chi connectivity index (χ1) is 35.5. The third kappa shape index (κ3) is 23.0. The lowest BCUT2D eigenvalue weighted by atomic mass is 10.0. The Labute approximate surface area is 422 Å². The van der Waals surface area contributed by atoms with Gasteiger partial charge in [-0.1, -0.05) is 19.1 Å². The van der Waals surface area contributed by atoms with Gasteiger partial charge >= 0.3 is 5.97 Å². The second-order valence-electron chi connectivity index (χ2n) is 15.1. The maximum atomic E-state index is 13.9. The molecule has 26 heteroatoms. The molecule has 1 aromatic heterocycles. The van der Waals surface area contributed by atoms with Gasteiger partial charge in [0.15, 0.2) is 11.6 Å². The van der Waals surface area contributed by atoms with E-state index < -0.39 is 57.4 Å². The van der Waals surface area contributed by atoms with Gasteiger partial charge in [0.1, 0.15) is 17.1 Å². The first-order valence-electron chi connectivity index (χ1n) is 23.3. The van der Waals surface area contributed by atoms with Crippen LogP contribution in [-0.2, 0) is 72.9 Å². The lowest BCUT2D eigenvalue weighted by molar-refractivity contribution is -0.187. The molecule has 406 valence electrons. The van der Waals surface area contributed by atoms with Crippen molar-refractivity contribution in [1.29, 1.82) is 0 Å². The summed E-state index contributed by atoms with van der Waals surface area (Å²) in [7, 11) is 0. The van der Waals surface area contributed by atoms with Gasteiger partial charge in [0.05, 0.1) is 151 Å². The molecule has 0 saturated heterocycles. The zero-order valence-corrected chi connectivity index (χ0v) is 41.4. The highest BCUT2D eigenvalue weighted by Gasteiger charge is 2.29. The van der Waals surface area contributed by atoms with Gasteiger partial charge in [-0.05, 0) is 35.2 Å². The summed E-state index contributed by atoms with van der Waals surface area (Å²) in [5, 5.41) is 1.35. The molecule has 4 rings (SSSR count). The fourth-order valence-corrected chi connectivity index (χ4v) is 6.65. The van der Waals surface area contributed by atoms with Crippen LogP contribution in [0.25, 0.3) is 17.2 Å². The summed E-state index contributed by atoms with van der Waals surface area (Å²) in [4.78, 5) is 42.0. The van der Waals surface area contributed by atoms with E-state index in [9.17, 15) is 35.9 Å². The van der Waals surface area contributed by atoms with Gasteiger partial charge in [-0.25, -0.2) is 28.8 Å². The van der Waals surface area contributed by atoms with Crippen LogP contribution >= 0.6 is 0 Å². The second-order valence-corrected chi connectivity index (χ2v) is 16.0. The summed E-state index contributed by atoms with van der Waals surface area (Å²) in [6.45, 7) is 8.65. The third-order valence-electron chi connectivity index (χ3n) is 9.66. The number of nitrogens with two attached hydrogens (primary N) is 1.